The van der Waals surface area contributed by atoms with Gasteiger partial charge in [-0.25, -0.2) is 15.0 Å². The van der Waals surface area contributed by atoms with E-state index in [-0.39, 0.29) is 11.8 Å². The molecule has 2 aliphatic heterocycles. The van der Waals surface area contributed by atoms with Gasteiger partial charge in [0.05, 0.1) is 5.92 Å². The summed E-state index contributed by atoms with van der Waals surface area (Å²) in [6, 6.07) is 5.67. The molecule has 2 aliphatic rings. The Morgan fingerprint density at radius 2 is 2.03 bits per heavy atom. The molecule has 8 heteroatoms. The second kappa shape index (κ2) is 8.70. The first-order chi connectivity index (χ1) is 15.5. The standard InChI is InChI=1S/C24H29ClN6O/c1-16-9-10-18(25)13-19(16)29(2)24(32)17-7-6-11-30(14-17)22-21-23(27-15-26-22)31-12-5-3-4-8-20(31)28-21/h9-10,13,15,17H,3-8,11-12,14H2,1-2H3. The van der Waals surface area contributed by atoms with Gasteiger partial charge >= 0.3 is 0 Å². The molecule has 0 saturated carbocycles. The smallest absolute Gasteiger partial charge is 0.231 e. The maximum Gasteiger partial charge on any atom is 0.231 e. The maximum atomic E-state index is 13.4. The van der Waals surface area contributed by atoms with Gasteiger partial charge < -0.3 is 14.4 Å². The van der Waals surface area contributed by atoms with E-state index >= 15 is 0 Å². The molecule has 4 heterocycles. The molecule has 0 spiro atoms. The second-order valence-corrected chi connectivity index (χ2v) is 9.41. The molecule has 1 aromatic carbocycles. The highest BCUT2D eigenvalue weighted by molar-refractivity contribution is 6.31. The Hall–Kier alpha value is -2.67. The lowest BCUT2D eigenvalue weighted by atomic mass is 9.96. The van der Waals surface area contributed by atoms with Crippen LogP contribution in [0.1, 0.15) is 43.5 Å². The fourth-order valence-corrected chi connectivity index (χ4v) is 5.23. The molecule has 32 heavy (non-hydrogen) atoms. The summed E-state index contributed by atoms with van der Waals surface area (Å²) in [6.45, 7) is 4.48. The number of halogens is 1. The number of nitrogens with zero attached hydrogens (tertiary/aromatic N) is 6. The quantitative estimate of drug-likeness (QED) is 0.589. The Morgan fingerprint density at radius 1 is 1.16 bits per heavy atom. The van der Waals surface area contributed by atoms with Crippen molar-refractivity contribution in [2.24, 2.45) is 5.92 Å². The summed E-state index contributed by atoms with van der Waals surface area (Å²) in [5.41, 5.74) is 3.69. The fourth-order valence-electron chi connectivity index (χ4n) is 5.06. The van der Waals surface area contributed by atoms with Crippen molar-refractivity contribution >= 4 is 40.2 Å². The molecule has 0 radical (unpaired) electrons. The Balaban J connectivity index is 1.41. The Bertz CT molecular complexity index is 1160. The molecule has 0 N–H and O–H groups in total. The molecule has 168 valence electrons. The molecule has 7 nitrogen and oxygen atoms in total. The molecule has 1 fully saturated rings. The molecule has 3 aromatic rings. The zero-order valence-electron chi connectivity index (χ0n) is 18.7. The third kappa shape index (κ3) is 3.83. The van der Waals surface area contributed by atoms with Crippen LogP contribution in [-0.2, 0) is 17.8 Å². The second-order valence-electron chi connectivity index (χ2n) is 8.97. The van der Waals surface area contributed by atoms with Gasteiger partial charge in [0, 0.05) is 43.8 Å². The molecular weight excluding hydrogens is 424 g/mol. The van der Waals surface area contributed by atoms with E-state index in [4.69, 9.17) is 16.6 Å². The van der Waals surface area contributed by atoms with Gasteiger partial charge in [-0.2, -0.15) is 0 Å². The lowest BCUT2D eigenvalue weighted by Crippen LogP contribution is -2.44. The summed E-state index contributed by atoms with van der Waals surface area (Å²) in [7, 11) is 1.84. The SMILES string of the molecule is Cc1ccc(Cl)cc1N(C)C(=O)C1CCCN(c2ncnc3c2nc2n3CCCCC2)C1. The van der Waals surface area contributed by atoms with Crippen LogP contribution in [0.25, 0.3) is 11.2 Å². The number of aromatic nitrogens is 4. The van der Waals surface area contributed by atoms with Gasteiger partial charge in [-0.15, -0.1) is 0 Å². The molecule has 0 bridgehead atoms. The third-order valence-corrected chi connectivity index (χ3v) is 7.04. The Labute approximate surface area is 193 Å². The maximum absolute atomic E-state index is 13.4. The molecule has 1 saturated heterocycles. The predicted molar refractivity (Wildman–Crippen MR) is 127 cm³/mol. The minimum Gasteiger partial charge on any atom is -0.354 e. The molecule has 2 aromatic heterocycles. The highest BCUT2D eigenvalue weighted by Gasteiger charge is 2.31. The van der Waals surface area contributed by atoms with E-state index in [1.54, 1.807) is 11.2 Å². The van der Waals surface area contributed by atoms with E-state index in [2.05, 4.69) is 19.4 Å². The zero-order chi connectivity index (χ0) is 22.2. The van der Waals surface area contributed by atoms with E-state index in [1.165, 1.54) is 12.8 Å². The van der Waals surface area contributed by atoms with Crippen LogP contribution in [0.5, 0.6) is 0 Å². The van der Waals surface area contributed by atoms with Crippen LogP contribution in [0.3, 0.4) is 0 Å². The number of hydrogen-bond acceptors (Lipinski definition) is 5. The average molecular weight is 453 g/mol. The number of piperidine rings is 1. The average Bonchev–Trinajstić information content (AvgIpc) is 3.00. The number of carbonyl (C=O) groups is 1. The van der Waals surface area contributed by atoms with Gasteiger partial charge in [0.25, 0.3) is 0 Å². The fraction of sp³-hybridized carbons (Fsp3) is 0.500. The highest BCUT2D eigenvalue weighted by atomic mass is 35.5. The largest absolute Gasteiger partial charge is 0.354 e. The van der Waals surface area contributed by atoms with E-state index in [9.17, 15) is 4.79 Å². The van der Waals surface area contributed by atoms with Crippen LogP contribution in [0, 0.1) is 12.8 Å². The normalized spacial score (nSPS) is 19.0. The number of carbonyl (C=O) groups excluding carboxylic acids is 1. The van der Waals surface area contributed by atoms with Crippen molar-refractivity contribution in [1.29, 1.82) is 0 Å². The van der Waals surface area contributed by atoms with E-state index in [0.29, 0.717) is 11.6 Å². The molecule has 1 amide bonds. The summed E-state index contributed by atoms with van der Waals surface area (Å²) in [4.78, 5) is 31.5. The zero-order valence-corrected chi connectivity index (χ0v) is 19.5. The minimum atomic E-state index is -0.0995. The summed E-state index contributed by atoms with van der Waals surface area (Å²) in [6.07, 6.45) is 8.00. The summed E-state index contributed by atoms with van der Waals surface area (Å²) in [5.74, 6) is 1.98. The lowest BCUT2D eigenvalue weighted by molar-refractivity contribution is -0.122. The van der Waals surface area contributed by atoms with E-state index < -0.39 is 0 Å². The van der Waals surface area contributed by atoms with Crippen molar-refractivity contribution < 1.29 is 4.79 Å². The summed E-state index contributed by atoms with van der Waals surface area (Å²) >= 11 is 6.19. The van der Waals surface area contributed by atoms with Crippen LogP contribution < -0.4 is 9.80 Å². The van der Waals surface area contributed by atoms with Crippen LogP contribution >= 0.6 is 11.6 Å². The van der Waals surface area contributed by atoms with Crippen LogP contribution in [0.2, 0.25) is 5.02 Å². The molecule has 1 unspecified atom stereocenters. The predicted octanol–water partition coefficient (Wildman–Crippen LogP) is 4.39. The number of benzene rings is 1. The van der Waals surface area contributed by atoms with Crippen molar-refractivity contribution in [2.75, 3.05) is 29.9 Å². The third-order valence-electron chi connectivity index (χ3n) is 6.81. The van der Waals surface area contributed by atoms with Gasteiger partial charge in [-0.3, -0.25) is 4.79 Å². The van der Waals surface area contributed by atoms with Gasteiger partial charge in [-0.05, 0) is 50.3 Å². The van der Waals surface area contributed by atoms with E-state index in [0.717, 1.165) is 72.8 Å². The number of hydrogen-bond donors (Lipinski definition) is 0. The number of anilines is 2. The molecular formula is C24H29ClN6O. The number of fused-ring (bicyclic) bond motifs is 3. The Morgan fingerprint density at radius 3 is 2.91 bits per heavy atom. The van der Waals surface area contributed by atoms with Gasteiger partial charge in [-0.1, -0.05) is 24.1 Å². The van der Waals surface area contributed by atoms with Crippen LogP contribution in [-0.4, -0.2) is 45.6 Å². The number of aryl methyl sites for hydroxylation is 3. The van der Waals surface area contributed by atoms with Crippen molar-refractivity contribution in [3.63, 3.8) is 0 Å². The first kappa shape index (κ1) is 21.2. The molecule has 1 atom stereocenters. The van der Waals surface area contributed by atoms with Gasteiger partial charge in [0.2, 0.25) is 5.91 Å². The first-order valence-corrected chi connectivity index (χ1v) is 11.9. The van der Waals surface area contributed by atoms with Gasteiger partial charge in [0.1, 0.15) is 12.2 Å². The van der Waals surface area contributed by atoms with Crippen molar-refractivity contribution in [3.05, 3.63) is 40.9 Å². The summed E-state index contributed by atoms with van der Waals surface area (Å²) < 4.78 is 2.26. The van der Waals surface area contributed by atoms with Crippen molar-refractivity contribution in [3.8, 4) is 0 Å². The van der Waals surface area contributed by atoms with E-state index in [1.807, 2.05) is 32.2 Å². The number of rotatable bonds is 3. The highest BCUT2D eigenvalue weighted by Crippen LogP contribution is 2.31. The number of imidazole rings is 1. The lowest BCUT2D eigenvalue weighted by Gasteiger charge is -2.35. The van der Waals surface area contributed by atoms with Gasteiger partial charge in [0.15, 0.2) is 17.0 Å². The minimum absolute atomic E-state index is 0.0995. The van der Waals surface area contributed by atoms with Crippen LogP contribution in [0.15, 0.2) is 24.5 Å². The summed E-state index contributed by atoms with van der Waals surface area (Å²) in [5, 5.41) is 0.637. The van der Waals surface area contributed by atoms with Crippen LogP contribution in [0.4, 0.5) is 11.5 Å². The van der Waals surface area contributed by atoms with Crippen molar-refractivity contribution in [2.45, 2.75) is 52.0 Å². The topological polar surface area (TPSA) is 67.2 Å². The molecule has 0 aliphatic carbocycles. The first-order valence-electron chi connectivity index (χ1n) is 11.5. The van der Waals surface area contributed by atoms with Crippen molar-refractivity contribution in [1.82, 2.24) is 19.5 Å². The number of amides is 1. The Kier molecular flexibility index (Phi) is 5.76. The molecule has 5 rings (SSSR count). The monoisotopic (exact) mass is 452 g/mol.